The second kappa shape index (κ2) is 10.9. The fourth-order valence-electron chi connectivity index (χ4n) is 6.77. The van der Waals surface area contributed by atoms with Gasteiger partial charge in [0, 0.05) is 25.8 Å². The Labute approximate surface area is 258 Å². The summed E-state index contributed by atoms with van der Waals surface area (Å²) in [7, 11) is 2.11. The highest BCUT2D eigenvalue weighted by atomic mass is 19.4. The molecule has 0 saturated heterocycles. The van der Waals surface area contributed by atoms with Gasteiger partial charge in [-0.15, -0.1) is 0 Å². The fourth-order valence-corrected chi connectivity index (χ4v) is 6.77. The van der Waals surface area contributed by atoms with E-state index in [2.05, 4.69) is 53.3 Å². The predicted octanol–water partition coefficient (Wildman–Crippen LogP) is 5.54. The van der Waals surface area contributed by atoms with Gasteiger partial charge in [-0.3, -0.25) is 9.59 Å². The van der Waals surface area contributed by atoms with E-state index in [4.69, 9.17) is 4.98 Å². The lowest BCUT2D eigenvalue weighted by Crippen LogP contribution is -2.36. The summed E-state index contributed by atoms with van der Waals surface area (Å²) in [6, 6.07) is 19.1. The Morgan fingerprint density at radius 3 is 2.56 bits per heavy atom. The lowest BCUT2D eigenvalue weighted by Gasteiger charge is -2.24. The maximum absolute atomic E-state index is 13.5. The minimum atomic E-state index is -4.60. The van der Waals surface area contributed by atoms with E-state index in [1.54, 1.807) is 0 Å². The highest BCUT2D eigenvalue weighted by molar-refractivity contribution is 5.82. The van der Waals surface area contributed by atoms with Crippen molar-refractivity contribution in [3.05, 3.63) is 116 Å². The predicted molar refractivity (Wildman–Crippen MR) is 164 cm³/mol. The van der Waals surface area contributed by atoms with Crippen molar-refractivity contribution in [2.45, 2.75) is 56.3 Å². The number of nitrogens with one attached hydrogen (secondary N) is 1. The first-order valence-corrected chi connectivity index (χ1v) is 15.2. The fraction of sp³-hybridized carbons (Fsp3) is 0.343. The molecular formula is C35H33F3N4O3. The molecule has 232 valence electrons. The summed E-state index contributed by atoms with van der Waals surface area (Å²) in [5, 5.41) is 10.7. The van der Waals surface area contributed by atoms with E-state index in [1.165, 1.54) is 22.2 Å². The van der Waals surface area contributed by atoms with Crippen molar-refractivity contribution in [2.75, 3.05) is 25.0 Å². The molecule has 1 aromatic heterocycles. The molecule has 1 aliphatic carbocycles. The maximum Gasteiger partial charge on any atom is 0.416 e. The number of carbonyl (C=O) groups excluding carboxylic acids is 1. The molecule has 2 N–H and O–H groups in total. The number of carbonyl (C=O) groups is 1. The number of anilines is 1. The second-order valence-corrected chi connectivity index (χ2v) is 12.4. The van der Waals surface area contributed by atoms with Gasteiger partial charge in [0.05, 0.1) is 28.8 Å². The van der Waals surface area contributed by atoms with Crippen molar-refractivity contribution in [2.24, 2.45) is 0 Å². The molecule has 1 atom stereocenters. The van der Waals surface area contributed by atoms with Gasteiger partial charge in [-0.05, 0) is 84.2 Å². The van der Waals surface area contributed by atoms with Gasteiger partial charge in [-0.1, -0.05) is 42.5 Å². The smallest absolute Gasteiger partial charge is 0.378 e. The first-order chi connectivity index (χ1) is 21.5. The normalized spacial score (nSPS) is 17.8. The molecule has 0 radical (unpaired) electrons. The van der Waals surface area contributed by atoms with Crippen LogP contribution in [0, 0.1) is 0 Å². The van der Waals surface area contributed by atoms with E-state index >= 15 is 0 Å². The van der Waals surface area contributed by atoms with Crippen LogP contribution in [0.4, 0.5) is 18.9 Å². The molecule has 1 amide bonds. The van der Waals surface area contributed by atoms with Crippen LogP contribution in [0.5, 0.6) is 0 Å². The average Bonchev–Trinajstić information content (AvgIpc) is 3.81. The van der Waals surface area contributed by atoms with Gasteiger partial charge in [0.25, 0.3) is 11.5 Å². The molecule has 10 heteroatoms. The largest absolute Gasteiger partial charge is 0.416 e. The van der Waals surface area contributed by atoms with Crippen molar-refractivity contribution in [1.82, 2.24) is 14.9 Å². The van der Waals surface area contributed by atoms with Crippen LogP contribution in [0.2, 0.25) is 0 Å². The molecule has 3 heterocycles. The Morgan fingerprint density at radius 1 is 1.00 bits per heavy atom. The minimum absolute atomic E-state index is 0.0806. The number of amides is 1. The number of benzene rings is 3. The quantitative estimate of drug-likeness (QED) is 0.309. The standard InChI is InChI=1S/C35H33F3N4O3/c1-41-16-12-23-17-22(10-11-29(23)41)21-5-2-7-25(18-21)34(13-14-34)33-39-28-9-4-15-42(20-27(28)31(44)40-33)32(45)30(43)24-6-3-8-26(19-24)35(36,37)38/h2-3,5-8,10-11,17-19,30,43H,4,9,12-16,20H2,1H3,(H,39,40,44)/t30-/m1/s1. The number of aliphatic hydroxyl groups excluding tert-OH is 1. The number of alkyl halides is 3. The number of hydrogen-bond donors (Lipinski definition) is 2. The Morgan fingerprint density at radius 2 is 1.78 bits per heavy atom. The van der Waals surface area contributed by atoms with E-state index < -0.39 is 29.2 Å². The molecule has 45 heavy (non-hydrogen) atoms. The number of aromatic amines is 1. The van der Waals surface area contributed by atoms with E-state index in [9.17, 15) is 27.9 Å². The zero-order valence-corrected chi connectivity index (χ0v) is 24.8. The lowest BCUT2D eigenvalue weighted by molar-refractivity contribution is -0.142. The Hall–Kier alpha value is -4.44. The summed E-state index contributed by atoms with van der Waals surface area (Å²) in [4.78, 5) is 38.3. The number of likely N-dealkylation sites (N-methyl/N-ethyl adjacent to an activating group) is 1. The van der Waals surface area contributed by atoms with Crippen molar-refractivity contribution in [3.8, 4) is 11.1 Å². The molecule has 3 aliphatic rings. The van der Waals surface area contributed by atoms with E-state index in [-0.39, 0.29) is 24.2 Å². The van der Waals surface area contributed by atoms with Crippen molar-refractivity contribution in [1.29, 1.82) is 0 Å². The van der Waals surface area contributed by atoms with Crippen LogP contribution < -0.4 is 10.5 Å². The van der Waals surface area contributed by atoms with Gasteiger partial charge >= 0.3 is 6.18 Å². The van der Waals surface area contributed by atoms with Crippen LogP contribution in [0.1, 0.15) is 64.7 Å². The summed E-state index contributed by atoms with van der Waals surface area (Å²) >= 11 is 0. The average molecular weight is 615 g/mol. The van der Waals surface area contributed by atoms with Gasteiger partial charge in [0.1, 0.15) is 5.82 Å². The van der Waals surface area contributed by atoms with Crippen LogP contribution >= 0.6 is 0 Å². The maximum atomic E-state index is 13.5. The number of hydrogen-bond acceptors (Lipinski definition) is 5. The molecule has 0 unspecified atom stereocenters. The molecule has 0 spiro atoms. The Kier molecular flexibility index (Phi) is 7.07. The first kappa shape index (κ1) is 29.3. The first-order valence-electron chi connectivity index (χ1n) is 15.2. The van der Waals surface area contributed by atoms with Crippen LogP contribution in [0.25, 0.3) is 11.1 Å². The summed E-state index contributed by atoms with van der Waals surface area (Å²) in [5.41, 5.74) is 5.10. The van der Waals surface area contributed by atoms with Gasteiger partial charge < -0.3 is 19.9 Å². The SMILES string of the molecule is CN1CCc2cc(-c3cccc(C4(c5nc6c(c(=O)[nH]5)CN(C(=O)[C@H](O)c5cccc(C(F)(F)F)c5)CCC6)CC4)c3)ccc21. The summed E-state index contributed by atoms with van der Waals surface area (Å²) < 4.78 is 39.6. The number of H-pyrrole nitrogens is 1. The summed E-state index contributed by atoms with van der Waals surface area (Å²) in [5.74, 6) is -0.137. The third kappa shape index (κ3) is 5.31. The number of fused-ring (bicyclic) bond motifs is 2. The number of aryl methyl sites for hydroxylation is 1. The Bertz CT molecular complexity index is 1860. The van der Waals surface area contributed by atoms with E-state index in [0.29, 0.717) is 29.9 Å². The number of aliphatic hydroxyl groups is 1. The van der Waals surface area contributed by atoms with E-state index in [1.807, 2.05) is 6.07 Å². The third-order valence-electron chi connectivity index (χ3n) is 9.53. The molecule has 4 aromatic rings. The van der Waals surface area contributed by atoms with Gasteiger partial charge in [0.2, 0.25) is 0 Å². The Balaban J connectivity index is 1.14. The van der Waals surface area contributed by atoms with Gasteiger partial charge in [-0.25, -0.2) is 4.98 Å². The molecule has 3 aromatic carbocycles. The second-order valence-electron chi connectivity index (χ2n) is 12.4. The summed E-state index contributed by atoms with van der Waals surface area (Å²) in [6.45, 7) is 1.17. The van der Waals surface area contributed by atoms with Crippen molar-refractivity contribution < 1.29 is 23.1 Å². The number of halogens is 3. The van der Waals surface area contributed by atoms with Crippen LogP contribution in [0.15, 0.2) is 71.5 Å². The molecule has 1 fully saturated rings. The number of aromatic nitrogens is 2. The van der Waals surface area contributed by atoms with E-state index in [0.717, 1.165) is 60.7 Å². The van der Waals surface area contributed by atoms with Crippen molar-refractivity contribution in [3.63, 3.8) is 0 Å². The highest BCUT2D eigenvalue weighted by Crippen LogP contribution is 2.52. The van der Waals surface area contributed by atoms with Gasteiger partial charge in [-0.2, -0.15) is 13.2 Å². The van der Waals surface area contributed by atoms with Gasteiger partial charge in [0.15, 0.2) is 6.10 Å². The molecule has 1 saturated carbocycles. The zero-order valence-electron chi connectivity index (χ0n) is 24.8. The zero-order chi connectivity index (χ0) is 31.5. The van der Waals surface area contributed by atoms with Crippen LogP contribution in [-0.2, 0) is 35.8 Å². The lowest BCUT2D eigenvalue weighted by atomic mass is 9.91. The number of nitrogens with zero attached hydrogens (tertiary/aromatic N) is 3. The molecule has 2 aliphatic heterocycles. The topological polar surface area (TPSA) is 89.5 Å². The van der Waals surface area contributed by atoms with Crippen LogP contribution in [0.3, 0.4) is 0 Å². The third-order valence-corrected chi connectivity index (χ3v) is 9.53. The molecule has 7 nitrogen and oxygen atoms in total. The monoisotopic (exact) mass is 614 g/mol. The minimum Gasteiger partial charge on any atom is -0.378 e. The highest BCUT2D eigenvalue weighted by Gasteiger charge is 2.49. The number of rotatable bonds is 5. The molecule has 7 rings (SSSR count). The molecule has 0 bridgehead atoms. The van der Waals surface area contributed by atoms with Crippen LogP contribution in [-0.4, -0.2) is 46.0 Å². The molecular weight excluding hydrogens is 581 g/mol. The van der Waals surface area contributed by atoms with Crippen molar-refractivity contribution >= 4 is 11.6 Å². The summed E-state index contributed by atoms with van der Waals surface area (Å²) in [6.07, 6.45) is -2.70.